The average molecular weight is 519 g/mol. The molecule has 0 radical (unpaired) electrons. The van der Waals surface area contributed by atoms with Gasteiger partial charge in [-0.25, -0.2) is 0 Å². The van der Waals surface area contributed by atoms with E-state index in [1.807, 2.05) is 13.8 Å². The number of carboxylic acid groups (broad SMARTS) is 1. The van der Waals surface area contributed by atoms with Crippen molar-refractivity contribution in [2.45, 2.75) is 126 Å². The van der Waals surface area contributed by atoms with E-state index in [2.05, 4.69) is 34.6 Å². The smallest absolute Gasteiger partial charge is 0.307 e. The first kappa shape index (κ1) is 29.8. The lowest BCUT2D eigenvalue weighted by Gasteiger charge is -2.70. The predicted octanol–water partition coefficient (Wildman–Crippen LogP) is 6.63. The number of rotatable bonds is 9. The Morgan fingerprint density at radius 3 is 2.08 bits per heavy atom. The van der Waals surface area contributed by atoms with E-state index in [0.29, 0.717) is 31.1 Å². The highest BCUT2D eigenvalue weighted by Gasteiger charge is 2.67. The second-order valence-electron chi connectivity index (χ2n) is 14.1. The molecule has 3 fully saturated rings. The van der Waals surface area contributed by atoms with Crippen LogP contribution < -0.4 is 0 Å². The van der Waals surface area contributed by atoms with Gasteiger partial charge in [-0.3, -0.25) is 19.2 Å². The van der Waals surface area contributed by atoms with Crippen LogP contribution in [-0.2, 0) is 23.9 Å². The van der Waals surface area contributed by atoms with Gasteiger partial charge in [0.25, 0.3) is 0 Å². The molecule has 0 heterocycles. The van der Waals surface area contributed by atoms with Crippen molar-refractivity contribution in [2.75, 3.05) is 0 Å². The summed E-state index contributed by atoms with van der Waals surface area (Å²) in [5, 5.41) is 10.3. The first-order chi connectivity index (χ1) is 17.0. The molecule has 0 bridgehead atoms. The van der Waals surface area contributed by atoms with Gasteiger partial charge in [0.15, 0.2) is 0 Å². The van der Waals surface area contributed by atoms with Crippen molar-refractivity contribution in [1.82, 2.24) is 0 Å². The van der Waals surface area contributed by atoms with Gasteiger partial charge in [0, 0.05) is 37.5 Å². The third kappa shape index (κ3) is 5.15. The maximum Gasteiger partial charge on any atom is 0.307 e. The van der Waals surface area contributed by atoms with Crippen LogP contribution in [0.2, 0.25) is 0 Å². The largest absolute Gasteiger partial charge is 0.481 e. The summed E-state index contributed by atoms with van der Waals surface area (Å²) in [4.78, 5) is 49.3. The third-order valence-corrected chi connectivity index (χ3v) is 11.6. The van der Waals surface area contributed by atoms with Crippen molar-refractivity contribution < 1.29 is 29.0 Å². The molecule has 0 aromatic heterocycles. The minimum atomic E-state index is -0.754. The first-order valence-corrected chi connectivity index (χ1v) is 14.4. The minimum absolute atomic E-state index is 0.0194. The maximum atomic E-state index is 12.9. The SMILES string of the molecule is CC(=O)O[C@H]1CC[C@@]2(C)C(CC[C@]3(C)C2CC[C@H](C(=O)O)[C@@]3(C)CCC(=O)CCC(=O)C(C)C)C1(C)C. The summed E-state index contributed by atoms with van der Waals surface area (Å²) in [5.41, 5.74) is -0.854. The van der Waals surface area contributed by atoms with E-state index < -0.39 is 17.3 Å². The number of aliphatic carboxylic acids is 1. The molecule has 0 saturated heterocycles. The van der Waals surface area contributed by atoms with Crippen LogP contribution in [0.5, 0.6) is 0 Å². The summed E-state index contributed by atoms with van der Waals surface area (Å²) in [6.07, 6.45) is 6.46. The molecule has 6 heteroatoms. The Kier molecular flexibility index (Phi) is 8.42. The van der Waals surface area contributed by atoms with Crippen LogP contribution in [-0.4, -0.2) is 34.7 Å². The fourth-order valence-corrected chi connectivity index (χ4v) is 9.25. The number of carbonyl (C=O) groups is 4. The molecule has 210 valence electrons. The molecular formula is C31H50O6. The van der Waals surface area contributed by atoms with Crippen LogP contribution >= 0.6 is 0 Å². The number of fused-ring (bicyclic) bond motifs is 3. The number of esters is 1. The Morgan fingerprint density at radius 1 is 0.865 bits per heavy atom. The van der Waals surface area contributed by atoms with Gasteiger partial charge in [-0.2, -0.15) is 0 Å². The molecule has 0 aromatic carbocycles. The van der Waals surface area contributed by atoms with Crippen LogP contribution in [0, 0.1) is 45.3 Å². The highest BCUT2D eigenvalue weighted by Crippen LogP contribution is 2.73. The Balaban J connectivity index is 1.88. The lowest BCUT2D eigenvalue weighted by Crippen LogP contribution is -2.65. The van der Waals surface area contributed by atoms with Gasteiger partial charge in [0.2, 0.25) is 0 Å². The lowest BCUT2D eigenvalue weighted by molar-refractivity contribution is -0.232. The fraction of sp³-hybridized carbons (Fsp3) is 0.871. The zero-order valence-electron chi connectivity index (χ0n) is 24.4. The fourth-order valence-electron chi connectivity index (χ4n) is 9.25. The average Bonchev–Trinajstić information content (AvgIpc) is 2.78. The zero-order valence-corrected chi connectivity index (χ0v) is 24.4. The molecule has 2 unspecified atom stereocenters. The van der Waals surface area contributed by atoms with Gasteiger partial charge in [-0.15, -0.1) is 0 Å². The number of ketones is 2. The topological polar surface area (TPSA) is 97.7 Å². The van der Waals surface area contributed by atoms with Crippen LogP contribution in [0.4, 0.5) is 0 Å². The molecule has 3 aliphatic carbocycles. The number of Topliss-reactive ketones (excluding diaryl/α,β-unsaturated/α-hetero) is 2. The first-order valence-electron chi connectivity index (χ1n) is 14.4. The second-order valence-corrected chi connectivity index (χ2v) is 14.1. The van der Waals surface area contributed by atoms with E-state index in [-0.39, 0.29) is 58.6 Å². The zero-order chi connectivity index (χ0) is 28.0. The molecule has 0 amide bonds. The summed E-state index contributed by atoms with van der Waals surface area (Å²) >= 11 is 0. The molecule has 1 N–H and O–H groups in total. The van der Waals surface area contributed by atoms with Crippen LogP contribution in [0.3, 0.4) is 0 Å². The summed E-state index contributed by atoms with van der Waals surface area (Å²) < 4.78 is 5.79. The lowest BCUT2D eigenvalue weighted by atomic mass is 9.35. The molecule has 7 atom stereocenters. The van der Waals surface area contributed by atoms with Gasteiger partial charge >= 0.3 is 11.9 Å². The third-order valence-electron chi connectivity index (χ3n) is 11.6. The number of carboxylic acids is 1. The highest BCUT2D eigenvalue weighted by atomic mass is 16.5. The van der Waals surface area contributed by atoms with Crippen LogP contribution in [0.25, 0.3) is 0 Å². The number of ether oxygens (including phenoxy) is 1. The number of hydrogen-bond acceptors (Lipinski definition) is 5. The van der Waals surface area contributed by atoms with E-state index >= 15 is 0 Å². The van der Waals surface area contributed by atoms with E-state index in [0.717, 1.165) is 32.1 Å². The van der Waals surface area contributed by atoms with E-state index in [1.165, 1.54) is 6.92 Å². The van der Waals surface area contributed by atoms with Crippen LogP contribution in [0.15, 0.2) is 0 Å². The van der Waals surface area contributed by atoms with Gasteiger partial charge in [-0.1, -0.05) is 48.5 Å². The molecule has 6 nitrogen and oxygen atoms in total. The number of hydrogen-bond donors (Lipinski definition) is 1. The van der Waals surface area contributed by atoms with Gasteiger partial charge in [0.05, 0.1) is 5.92 Å². The monoisotopic (exact) mass is 518 g/mol. The van der Waals surface area contributed by atoms with Gasteiger partial charge < -0.3 is 9.84 Å². The second kappa shape index (κ2) is 10.4. The summed E-state index contributed by atoms with van der Waals surface area (Å²) in [7, 11) is 0. The molecule has 0 aliphatic heterocycles. The summed E-state index contributed by atoms with van der Waals surface area (Å²) in [6, 6.07) is 0. The molecule has 37 heavy (non-hydrogen) atoms. The number of carbonyl (C=O) groups excluding carboxylic acids is 3. The van der Waals surface area contributed by atoms with Crippen molar-refractivity contribution in [3.8, 4) is 0 Å². The Hall–Kier alpha value is -1.72. The Labute approximate surface area is 223 Å². The summed E-state index contributed by atoms with van der Waals surface area (Å²) in [5.74, 6) is -0.647. The molecule has 3 saturated carbocycles. The maximum absolute atomic E-state index is 12.9. The Bertz CT molecular complexity index is 921. The van der Waals surface area contributed by atoms with Crippen molar-refractivity contribution in [3.63, 3.8) is 0 Å². The van der Waals surface area contributed by atoms with Crippen molar-refractivity contribution >= 4 is 23.5 Å². The molecule has 3 aliphatic rings. The van der Waals surface area contributed by atoms with Gasteiger partial charge in [0.1, 0.15) is 17.7 Å². The molecule has 0 spiro atoms. The molecular weight excluding hydrogens is 468 g/mol. The summed E-state index contributed by atoms with van der Waals surface area (Å²) in [6.45, 7) is 16.5. The Morgan fingerprint density at radius 2 is 1.51 bits per heavy atom. The van der Waals surface area contributed by atoms with E-state index in [1.54, 1.807) is 0 Å². The van der Waals surface area contributed by atoms with Gasteiger partial charge in [-0.05, 0) is 73.0 Å². The quantitative estimate of drug-likeness (QED) is 0.344. The van der Waals surface area contributed by atoms with E-state index in [4.69, 9.17) is 4.74 Å². The predicted molar refractivity (Wildman–Crippen MR) is 143 cm³/mol. The molecule has 3 rings (SSSR count). The van der Waals surface area contributed by atoms with Crippen LogP contribution in [0.1, 0.15) is 120 Å². The standard InChI is InChI=1S/C31H50O6/c1-19(2)23(34)11-9-21(33)13-17-30(7)22(27(35)36)10-12-25-29(6)16-15-26(37-20(3)32)28(4,5)24(29)14-18-31(25,30)8/h19,22,24-26H,9-18H2,1-8H3,(H,35,36)/t22-,24?,25?,26+,29+,30-,31-/m1/s1. The van der Waals surface area contributed by atoms with Crippen molar-refractivity contribution in [2.24, 2.45) is 45.3 Å². The van der Waals surface area contributed by atoms with Crippen molar-refractivity contribution in [1.29, 1.82) is 0 Å². The van der Waals surface area contributed by atoms with Crippen molar-refractivity contribution in [3.05, 3.63) is 0 Å². The normalized spacial score (nSPS) is 38.8. The van der Waals surface area contributed by atoms with E-state index in [9.17, 15) is 24.3 Å². The minimum Gasteiger partial charge on any atom is -0.481 e. The molecule has 0 aromatic rings. The highest BCUT2D eigenvalue weighted by molar-refractivity contribution is 5.87.